The van der Waals surface area contributed by atoms with Gasteiger partial charge in [-0.05, 0) is 24.8 Å². The zero-order chi connectivity index (χ0) is 11.7. The van der Waals surface area contributed by atoms with Crippen LogP contribution in [0.2, 0.25) is 0 Å². The van der Waals surface area contributed by atoms with E-state index in [1.54, 1.807) is 0 Å². The van der Waals surface area contributed by atoms with Crippen LogP contribution in [0, 0.1) is 0 Å². The van der Waals surface area contributed by atoms with Crippen molar-refractivity contribution in [3.8, 4) is 0 Å². The Hall–Kier alpha value is -1.61. The number of nitrogens with two attached hydrogens (primary N) is 1. The SMILES string of the molecule is N[C@H]1CCCc2c1cnn2Cc1ccccc1. The Labute approximate surface area is 101 Å². The second kappa shape index (κ2) is 4.34. The number of benzene rings is 1. The quantitative estimate of drug-likeness (QED) is 0.855. The van der Waals surface area contributed by atoms with Gasteiger partial charge in [-0.25, -0.2) is 0 Å². The van der Waals surface area contributed by atoms with E-state index < -0.39 is 0 Å². The molecule has 0 aliphatic heterocycles. The summed E-state index contributed by atoms with van der Waals surface area (Å²) in [6.45, 7) is 0.850. The first-order chi connectivity index (χ1) is 8.34. The molecule has 88 valence electrons. The third kappa shape index (κ3) is 1.98. The van der Waals surface area contributed by atoms with Gasteiger partial charge >= 0.3 is 0 Å². The van der Waals surface area contributed by atoms with Crippen molar-refractivity contribution in [1.82, 2.24) is 9.78 Å². The van der Waals surface area contributed by atoms with E-state index in [9.17, 15) is 0 Å². The third-order valence-electron chi connectivity index (χ3n) is 3.48. The van der Waals surface area contributed by atoms with Crippen molar-refractivity contribution < 1.29 is 0 Å². The van der Waals surface area contributed by atoms with Gasteiger partial charge in [0, 0.05) is 17.3 Å². The highest BCUT2D eigenvalue weighted by Crippen LogP contribution is 2.27. The lowest BCUT2D eigenvalue weighted by molar-refractivity contribution is 0.537. The van der Waals surface area contributed by atoms with Gasteiger partial charge in [0.25, 0.3) is 0 Å². The molecule has 0 saturated heterocycles. The number of hydrogen-bond donors (Lipinski definition) is 1. The summed E-state index contributed by atoms with van der Waals surface area (Å²) in [4.78, 5) is 0. The Morgan fingerprint density at radius 2 is 2.12 bits per heavy atom. The summed E-state index contributed by atoms with van der Waals surface area (Å²) in [6.07, 6.45) is 5.32. The molecule has 2 aromatic rings. The van der Waals surface area contributed by atoms with Gasteiger partial charge in [0.05, 0.1) is 12.7 Å². The van der Waals surface area contributed by atoms with Crippen LogP contribution >= 0.6 is 0 Å². The maximum absolute atomic E-state index is 6.10. The molecular formula is C14H17N3. The lowest BCUT2D eigenvalue weighted by atomic mass is 9.94. The molecule has 1 aliphatic rings. The molecule has 0 amide bonds. The van der Waals surface area contributed by atoms with E-state index in [-0.39, 0.29) is 6.04 Å². The zero-order valence-corrected chi connectivity index (χ0v) is 9.84. The van der Waals surface area contributed by atoms with Crippen LogP contribution in [0.25, 0.3) is 0 Å². The molecule has 0 bridgehead atoms. The molecule has 1 heterocycles. The summed E-state index contributed by atoms with van der Waals surface area (Å²) < 4.78 is 2.10. The van der Waals surface area contributed by atoms with E-state index in [1.165, 1.54) is 23.2 Å². The largest absolute Gasteiger partial charge is 0.324 e. The molecular weight excluding hydrogens is 210 g/mol. The summed E-state index contributed by atoms with van der Waals surface area (Å²) >= 11 is 0. The number of rotatable bonds is 2. The van der Waals surface area contributed by atoms with Gasteiger partial charge in [-0.1, -0.05) is 30.3 Å². The highest BCUT2D eigenvalue weighted by Gasteiger charge is 2.21. The Morgan fingerprint density at radius 1 is 1.29 bits per heavy atom. The molecule has 2 N–H and O–H groups in total. The number of hydrogen-bond acceptors (Lipinski definition) is 2. The Morgan fingerprint density at radius 3 is 2.94 bits per heavy atom. The summed E-state index contributed by atoms with van der Waals surface area (Å²) in [5.41, 5.74) is 9.96. The monoisotopic (exact) mass is 227 g/mol. The lowest BCUT2D eigenvalue weighted by Crippen LogP contribution is -2.18. The standard InChI is InChI=1S/C14H17N3/c15-13-7-4-8-14-12(13)9-16-17(14)10-11-5-2-1-3-6-11/h1-3,5-6,9,13H,4,7-8,10,15H2/t13-/m0/s1. The molecule has 1 atom stereocenters. The van der Waals surface area contributed by atoms with Crippen molar-refractivity contribution in [2.24, 2.45) is 5.73 Å². The van der Waals surface area contributed by atoms with Gasteiger partial charge in [-0.15, -0.1) is 0 Å². The van der Waals surface area contributed by atoms with Crippen LogP contribution in [0.3, 0.4) is 0 Å². The molecule has 3 rings (SSSR count). The van der Waals surface area contributed by atoms with Crippen LogP contribution < -0.4 is 5.73 Å². The van der Waals surface area contributed by atoms with Crippen LogP contribution in [0.15, 0.2) is 36.5 Å². The number of nitrogens with zero attached hydrogens (tertiary/aromatic N) is 2. The van der Waals surface area contributed by atoms with E-state index in [4.69, 9.17) is 5.73 Å². The Kier molecular flexibility index (Phi) is 2.69. The van der Waals surface area contributed by atoms with Gasteiger partial charge < -0.3 is 5.73 Å². The van der Waals surface area contributed by atoms with E-state index in [0.29, 0.717) is 0 Å². The summed E-state index contributed by atoms with van der Waals surface area (Å²) in [6, 6.07) is 10.6. The van der Waals surface area contributed by atoms with Crippen LogP contribution in [0.5, 0.6) is 0 Å². The van der Waals surface area contributed by atoms with E-state index in [1.807, 2.05) is 12.3 Å². The second-order valence-electron chi connectivity index (χ2n) is 4.69. The average Bonchev–Trinajstić information content (AvgIpc) is 2.76. The predicted octanol–water partition coefficient (Wildman–Crippen LogP) is 2.27. The van der Waals surface area contributed by atoms with E-state index >= 15 is 0 Å². The normalized spacial score (nSPS) is 19.0. The van der Waals surface area contributed by atoms with Gasteiger partial charge in [0.2, 0.25) is 0 Å². The lowest BCUT2D eigenvalue weighted by Gasteiger charge is -2.19. The van der Waals surface area contributed by atoms with Crippen molar-refractivity contribution >= 4 is 0 Å². The molecule has 3 heteroatoms. The van der Waals surface area contributed by atoms with Crippen molar-refractivity contribution in [2.75, 3.05) is 0 Å². The topological polar surface area (TPSA) is 43.8 Å². The highest BCUT2D eigenvalue weighted by atomic mass is 15.3. The second-order valence-corrected chi connectivity index (χ2v) is 4.69. The zero-order valence-electron chi connectivity index (χ0n) is 9.84. The van der Waals surface area contributed by atoms with Crippen LogP contribution in [-0.4, -0.2) is 9.78 Å². The van der Waals surface area contributed by atoms with Crippen LogP contribution in [-0.2, 0) is 13.0 Å². The first-order valence-electron chi connectivity index (χ1n) is 6.18. The Bertz CT molecular complexity index is 501. The van der Waals surface area contributed by atoms with Crippen molar-refractivity contribution in [3.63, 3.8) is 0 Å². The molecule has 1 aromatic heterocycles. The van der Waals surface area contributed by atoms with Crippen LogP contribution in [0.4, 0.5) is 0 Å². The molecule has 1 aliphatic carbocycles. The predicted molar refractivity (Wildman–Crippen MR) is 67.6 cm³/mol. The average molecular weight is 227 g/mol. The fourth-order valence-electron chi connectivity index (χ4n) is 2.55. The number of fused-ring (bicyclic) bond motifs is 1. The minimum atomic E-state index is 0.184. The molecule has 0 unspecified atom stereocenters. The highest BCUT2D eigenvalue weighted by molar-refractivity contribution is 5.26. The summed E-state index contributed by atoms with van der Waals surface area (Å²) in [5, 5.41) is 4.48. The van der Waals surface area contributed by atoms with Gasteiger partial charge in [-0.2, -0.15) is 5.10 Å². The van der Waals surface area contributed by atoms with Crippen LogP contribution in [0.1, 0.15) is 35.7 Å². The number of aromatic nitrogens is 2. The van der Waals surface area contributed by atoms with Crippen molar-refractivity contribution in [2.45, 2.75) is 31.8 Å². The summed E-state index contributed by atoms with van der Waals surface area (Å²) in [7, 11) is 0. The molecule has 0 saturated carbocycles. The van der Waals surface area contributed by atoms with Gasteiger partial charge in [-0.3, -0.25) is 4.68 Å². The minimum Gasteiger partial charge on any atom is -0.324 e. The van der Waals surface area contributed by atoms with Crippen molar-refractivity contribution in [3.05, 3.63) is 53.3 Å². The maximum atomic E-state index is 6.10. The van der Waals surface area contributed by atoms with E-state index in [0.717, 1.165) is 19.4 Å². The fraction of sp³-hybridized carbons (Fsp3) is 0.357. The minimum absolute atomic E-state index is 0.184. The molecule has 3 nitrogen and oxygen atoms in total. The third-order valence-corrected chi connectivity index (χ3v) is 3.48. The first-order valence-corrected chi connectivity index (χ1v) is 6.18. The maximum Gasteiger partial charge on any atom is 0.0662 e. The first kappa shape index (κ1) is 10.5. The molecule has 0 fully saturated rings. The fourth-order valence-corrected chi connectivity index (χ4v) is 2.55. The molecule has 17 heavy (non-hydrogen) atoms. The van der Waals surface area contributed by atoms with E-state index in [2.05, 4.69) is 34.0 Å². The summed E-state index contributed by atoms with van der Waals surface area (Å²) in [5.74, 6) is 0. The van der Waals surface area contributed by atoms with Gasteiger partial charge in [0.15, 0.2) is 0 Å². The smallest absolute Gasteiger partial charge is 0.0662 e. The molecule has 1 aromatic carbocycles. The molecule has 0 radical (unpaired) electrons. The Balaban J connectivity index is 1.90. The molecule has 0 spiro atoms. The van der Waals surface area contributed by atoms with Gasteiger partial charge in [0.1, 0.15) is 0 Å². The van der Waals surface area contributed by atoms with Crippen molar-refractivity contribution in [1.29, 1.82) is 0 Å².